The minimum absolute atomic E-state index is 0.000871. The van der Waals surface area contributed by atoms with Crippen molar-refractivity contribution >= 4 is 17.5 Å². The van der Waals surface area contributed by atoms with E-state index in [-0.39, 0.29) is 24.3 Å². The lowest BCUT2D eigenvalue weighted by Crippen LogP contribution is -2.46. The van der Waals surface area contributed by atoms with E-state index in [1.54, 1.807) is 4.90 Å². The van der Waals surface area contributed by atoms with Crippen molar-refractivity contribution in [1.29, 1.82) is 0 Å². The zero-order valence-corrected chi connectivity index (χ0v) is 13.4. The number of carbonyl (C=O) groups is 2. The number of piperidine rings is 1. The molecule has 2 saturated heterocycles. The largest absolute Gasteiger partial charge is 0.381 e. The van der Waals surface area contributed by atoms with Crippen LogP contribution in [-0.4, -0.2) is 49.6 Å². The van der Waals surface area contributed by atoms with E-state index in [0.29, 0.717) is 13.2 Å². The Balaban J connectivity index is 1.74. The first-order chi connectivity index (χ1) is 11.3. The van der Waals surface area contributed by atoms with Gasteiger partial charge in [-0.25, -0.2) is 0 Å². The SMILES string of the molecule is O=C(CN(C(=O)C1CCOC1)c1ccccc1)N1CCCCC1. The van der Waals surface area contributed by atoms with Gasteiger partial charge in [0.25, 0.3) is 0 Å². The van der Waals surface area contributed by atoms with Gasteiger partial charge in [-0.1, -0.05) is 18.2 Å². The van der Waals surface area contributed by atoms with Gasteiger partial charge in [0.2, 0.25) is 11.8 Å². The molecule has 23 heavy (non-hydrogen) atoms. The summed E-state index contributed by atoms with van der Waals surface area (Å²) in [5.74, 6) is -0.0933. The number of anilines is 1. The van der Waals surface area contributed by atoms with E-state index in [4.69, 9.17) is 4.74 Å². The molecule has 3 rings (SSSR count). The van der Waals surface area contributed by atoms with E-state index in [9.17, 15) is 9.59 Å². The number of likely N-dealkylation sites (tertiary alicyclic amines) is 1. The molecule has 1 atom stereocenters. The van der Waals surface area contributed by atoms with Crippen LogP contribution in [0.5, 0.6) is 0 Å². The fourth-order valence-electron chi connectivity index (χ4n) is 3.23. The zero-order chi connectivity index (χ0) is 16.1. The molecule has 5 nitrogen and oxygen atoms in total. The number of nitrogens with zero attached hydrogens (tertiary/aromatic N) is 2. The molecule has 0 saturated carbocycles. The maximum absolute atomic E-state index is 12.8. The first-order valence-corrected chi connectivity index (χ1v) is 8.47. The summed E-state index contributed by atoms with van der Waals surface area (Å²) < 4.78 is 5.34. The summed E-state index contributed by atoms with van der Waals surface area (Å²) in [5.41, 5.74) is 0.787. The zero-order valence-electron chi connectivity index (χ0n) is 13.4. The molecule has 1 unspecified atom stereocenters. The first kappa shape index (κ1) is 16.0. The molecular formula is C18H24N2O3. The fraction of sp³-hybridized carbons (Fsp3) is 0.556. The van der Waals surface area contributed by atoms with Crippen molar-refractivity contribution in [2.24, 2.45) is 5.92 Å². The highest BCUT2D eigenvalue weighted by molar-refractivity contribution is 6.00. The van der Waals surface area contributed by atoms with Gasteiger partial charge >= 0.3 is 0 Å². The summed E-state index contributed by atoms with van der Waals surface area (Å²) in [5, 5.41) is 0. The monoisotopic (exact) mass is 316 g/mol. The summed E-state index contributed by atoms with van der Waals surface area (Å²) in [4.78, 5) is 29.0. The Morgan fingerprint density at radius 2 is 1.87 bits per heavy atom. The Labute approximate surface area is 137 Å². The molecule has 2 aliphatic heterocycles. The predicted molar refractivity (Wildman–Crippen MR) is 88.2 cm³/mol. The summed E-state index contributed by atoms with van der Waals surface area (Å²) in [6.07, 6.45) is 4.04. The van der Waals surface area contributed by atoms with Crippen molar-refractivity contribution in [3.63, 3.8) is 0 Å². The molecule has 0 spiro atoms. The Morgan fingerprint density at radius 1 is 1.13 bits per heavy atom. The minimum atomic E-state index is -0.135. The van der Waals surface area contributed by atoms with Crippen molar-refractivity contribution in [3.8, 4) is 0 Å². The number of hydrogen-bond donors (Lipinski definition) is 0. The van der Waals surface area contributed by atoms with Gasteiger partial charge in [0.05, 0.1) is 12.5 Å². The molecule has 0 aliphatic carbocycles. The predicted octanol–water partition coefficient (Wildman–Crippen LogP) is 2.07. The van der Waals surface area contributed by atoms with Crippen LogP contribution in [0.1, 0.15) is 25.7 Å². The molecule has 1 aromatic carbocycles. The van der Waals surface area contributed by atoms with Gasteiger partial charge in [-0.2, -0.15) is 0 Å². The molecule has 2 fully saturated rings. The highest BCUT2D eigenvalue weighted by Gasteiger charge is 2.31. The van der Waals surface area contributed by atoms with Crippen molar-refractivity contribution < 1.29 is 14.3 Å². The van der Waals surface area contributed by atoms with Gasteiger partial charge < -0.3 is 14.5 Å². The van der Waals surface area contributed by atoms with Crippen LogP contribution in [-0.2, 0) is 14.3 Å². The quantitative estimate of drug-likeness (QED) is 0.854. The average Bonchev–Trinajstić information content (AvgIpc) is 3.15. The number of benzene rings is 1. The third-order valence-electron chi connectivity index (χ3n) is 4.61. The molecular weight excluding hydrogens is 292 g/mol. The standard InChI is InChI=1S/C18H24N2O3/c21-17(19-10-5-2-6-11-19)13-20(16-7-3-1-4-8-16)18(22)15-9-12-23-14-15/h1,3-4,7-8,15H,2,5-6,9-14H2. The van der Waals surface area contributed by atoms with Crippen LogP contribution in [0, 0.1) is 5.92 Å². The Morgan fingerprint density at radius 3 is 2.52 bits per heavy atom. The number of ether oxygens (including phenoxy) is 1. The molecule has 5 heteroatoms. The van der Waals surface area contributed by atoms with E-state index >= 15 is 0 Å². The molecule has 0 bridgehead atoms. The second-order valence-electron chi connectivity index (χ2n) is 6.26. The third kappa shape index (κ3) is 3.91. The number of rotatable bonds is 4. The molecule has 0 aromatic heterocycles. The lowest BCUT2D eigenvalue weighted by Gasteiger charge is -2.31. The number of para-hydroxylation sites is 1. The maximum Gasteiger partial charge on any atom is 0.242 e. The maximum atomic E-state index is 12.8. The van der Waals surface area contributed by atoms with E-state index in [0.717, 1.165) is 38.0 Å². The van der Waals surface area contributed by atoms with Gasteiger partial charge in [-0.3, -0.25) is 9.59 Å². The molecule has 1 aromatic rings. The molecule has 2 aliphatic rings. The van der Waals surface area contributed by atoms with E-state index in [1.165, 1.54) is 6.42 Å². The van der Waals surface area contributed by atoms with E-state index in [1.807, 2.05) is 35.2 Å². The van der Waals surface area contributed by atoms with Gasteiger partial charge in [-0.15, -0.1) is 0 Å². The van der Waals surface area contributed by atoms with Crippen LogP contribution in [0.15, 0.2) is 30.3 Å². The summed E-state index contributed by atoms with van der Waals surface area (Å²) in [6.45, 7) is 2.82. The normalized spacial score (nSPS) is 21.2. The lowest BCUT2D eigenvalue weighted by atomic mass is 10.1. The first-order valence-electron chi connectivity index (χ1n) is 8.47. The average molecular weight is 316 g/mol. The summed E-state index contributed by atoms with van der Waals surface area (Å²) >= 11 is 0. The smallest absolute Gasteiger partial charge is 0.242 e. The third-order valence-corrected chi connectivity index (χ3v) is 4.61. The van der Waals surface area contributed by atoms with Gasteiger partial charge in [-0.05, 0) is 37.8 Å². The van der Waals surface area contributed by atoms with Gasteiger partial charge in [0.15, 0.2) is 0 Å². The van der Waals surface area contributed by atoms with Crippen LogP contribution in [0.4, 0.5) is 5.69 Å². The summed E-state index contributed by atoms with van der Waals surface area (Å²) in [6, 6.07) is 9.48. The van der Waals surface area contributed by atoms with E-state index in [2.05, 4.69) is 0 Å². The topological polar surface area (TPSA) is 49.9 Å². The van der Waals surface area contributed by atoms with Gasteiger partial charge in [0, 0.05) is 25.4 Å². The lowest BCUT2D eigenvalue weighted by molar-refractivity contribution is -0.132. The second-order valence-corrected chi connectivity index (χ2v) is 6.26. The highest BCUT2D eigenvalue weighted by atomic mass is 16.5. The fourth-order valence-corrected chi connectivity index (χ4v) is 3.23. The molecule has 2 amide bonds. The van der Waals surface area contributed by atoms with Crippen molar-refractivity contribution in [1.82, 2.24) is 4.90 Å². The van der Waals surface area contributed by atoms with E-state index < -0.39 is 0 Å². The Bertz CT molecular complexity index is 534. The molecule has 0 radical (unpaired) electrons. The highest BCUT2D eigenvalue weighted by Crippen LogP contribution is 2.22. The van der Waals surface area contributed by atoms with Gasteiger partial charge in [0.1, 0.15) is 6.54 Å². The van der Waals surface area contributed by atoms with Crippen molar-refractivity contribution in [3.05, 3.63) is 30.3 Å². The number of hydrogen-bond acceptors (Lipinski definition) is 3. The van der Waals surface area contributed by atoms with Crippen molar-refractivity contribution in [2.75, 3.05) is 37.7 Å². The van der Waals surface area contributed by atoms with Crippen LogP contribution < -0.4 is 4.90 Å². The Kier molecular flexibility index (Phi) is 5.28. The van der Waals surface area contributed by atoms with Crippen LogP contribution in [0.2, 0.25) is 0 Å². The minimum Gasteiger partial charge on any atom is -0.381 e. The molecule has 2 heterocycles. The van der Waals surface area contributed by atoms with Crippen molar-refractivity contribution in [2.45, 2.75) is 25.7 Å². The second kappa shape index (κ2) is 7.59. The van der Waals surface area contributed by atoms with Crippen LogP contribution in [0.3, 0.4) is 0 Å². The van der Waals surface area contributed by atoms with Crippen LogP contribution >= 0.6 is 0 Å². The summed E-state index contributed by atoms with van der Waals surface area (Å²) in [7, 11) is 0. The molecule has 124 valence electrons. The number of carbonyl (C=O) groups excluding carboxylic acids is 2. The molecule has 0 N–H and O–H groups in total. The Hall–Kier alpha value is -1.88. The number of amides is 2. The van der Waals surface area contributed by atoms with Crippen LogP contribution in [0.25, 0.3) is 0 Å².